The van der Waals surface area contributed by atoms with Gasteiger partial charge in [-0.15, -0.1) is 0 Å². The molecule has 3 rings (SSSR count). The van der Waals surface area contributed by atoms with Crippen molar-refractivity contribution in [3.8, 4) is 5.75 Å². The van der Waals surface area contributed by atoms with Crippen LogP contribution in [0, 0.1) is 0 Å². The Morgan fingerprint density at radius 2 is 1.64 bits per heavy atom. The Kier molecular flexibility index (Phi) is 3.25. The van der Waals surface area contributed by atoms with Gasteiger partial charge in [-0.2, -0.15) is 0 Å². The van der Waals surface area contributed by atoms with E-state index in [1.807, 2.05) is 0 Å². The van der Waals surface area contributed by atoms with Gasteiger partial charge in [0.2, 0.25) is 0 Å². The zero-order valence-corrected chi connectivity index (χ0v) is 12.5. The fourth-order valence-corrected chi connectivity index (χ4v) is 3.90. The van der Waals surface area contributed by atoms with Gasteiger partial charge in [0.15, 0.2) is 9.84 Å². The van der Waals surface area contributed by atoms with Crippen LogP contribution >= 0.6 is 0 Å². The van der Waals surface area contributed by atoms with Crippen LogP contribution in [0.3, 0.4) is 0 Å². The summed E-state index contributed by atoms with van der Waals surface area (Å²) in [5.74, 6) is -5.74. The molecule has 8 heteroatoms. The van der Waals surface area contributed by atoms with Crippen LogP contribution in [0.25, 0.3) is 0 Å². The standard InChI is InChI=1S/C14H14F4O3S/c1-22(19,20)12-3-2-11(21-8-4-13(15,16)5-8)9-6-14(17,18)7-10(9)12/h2-3,8H,4-7H2,1H3. The van der Waals surface area contributed by atoms with E-state index in [2.05, 4.69) is 0 Å². The Balaban J connectivity index is 1.96. The molecular formula is C14H14F4O3S. The van der Waals surface area contributed by atoms with E-state index in [4.69, 9.17) is 4.74 Å². The SMILES string of the molecule is CS(=O)(=O)c1ccc(OC2CC(F)(F)C2)c2c1CC(F)(F)C2. The van der Waals surface area contributed by atoms with Crippen molar-refractivity contribution in [2.75, 3.05) is 6.26 Å². The van der Waals surface area contributed by atoms with E-state index < -0.39 is 53.5 Å². The van der Waals surface area contributed by atoms with E-state index in [9.17, 15) is 26.0 Å². The lowest BCUT2D eigenvalue weighted by Gasteiger charge is -2.35. The molecule has 1 aromatic carbocycles. The summed E-state index contributed by atoms with van der Waals surface area (Å²) in [6.45, 7) is 0. The largest absolute Gasteiger partial charge is 0.490 e. The lowest BCUT2D eigenvalue weighted by atomic mass is 9.91. The zero-order chi connectivity index (χ0) is 16.3. The highest BCUT2D eigenvalue weighted by molar-refractivity contribution is 7.90. The molecule has 0 heterocycles. The Morgan fingerprint density at radius 1 is 1.05 bits per heavy atom. The van der Waals surface area contributed by atoms with Crippen LogP contribution in [0.15, 0.2) is 17.0 Å². The number of benzene rings is 1. The van der Waals surface area contributed by atoms with Crippen molar-refractivity contribution in [1.82, 2.24) is 0 Å². The second-order valence-electron chi connectivity index (χ2n) is 6.00. The molecule has 2 aliphatic rings. The number of rotatable bonds is 3. The minimum atomic E-state index is -3.64. The molecule has 1 aromatic rings. The topological polar surface area (TPSA) is 43.4 Å². The first-order valence-corrected chi connectivity index (χ1v) is 8.63. The molecule has 0 amide bonds. The van der Waals surface area contributed by atoms with Crippen molar-refractivity contribution in [3.05, 3.63) is 23.3 Å². The van der Waals surface area contributed by atoms with Crippen LogP contribution in [-0.2, 0) is 22.7 Å². The van der Waals surface area contributed by atoms with Gasteiger partial charge in [0.05, 0.1) is 4.90 Å². The molecule has 0 N–H and O–H groups in total. The second kappa shape index (κ2) is 4.59. The summed E-state index contributed by atoms with van der Waals surface area (Å²) in [6.07, 6.45) is -1.99. The maximum atomic E-state index is 13.7. The molecule has 0 bridgehead atoms. The maximum Gasteiger partial charge on any atom is 0.256 e. The summed E-state index contributed by atoms with van der Waals surface area (Å²) in [6, 6.07) is 2.49. The molecule has 22 heavy (non-hydrogen) atoms. The fraction of sp³-hybridized carbons (Fsp3) is 0.571. The van der Waals surface area contributed by atoms with Gasteiger partial charge >= 0.3 is 0 Å². The first-order valence-electron chi connectivity index (χ1n) is 6.74. The zero-order valence-electron chi connectivity index (χ0n) is 11.7. The fourth-order valence-electron chi connectivity index (χ4n) is 2.94. The van der Waals surface area contributed by atoms with E-state index in [0.29, 0.717) is 0 Å². The minimum absolute atomic E-state index is 0.0380. The van der Waals surface area contributed by atoms with Crippen LogP contribution in [-0.4, -0.2) is 32.6 Å². The van der Waals surface area contributed by atoms with Crippen LogP contribution in [0.1, 0.15) is 24.0 Å². The van der Waals surface area contributed by atoms with E-state index in [1.165, 1.54) is 12.1 Å². The third-order valence-corrected chi connectivity index (χ3v) is 5.14. The molecule has 0 spiro atoms. The van der Waals surface area contributed by atoms with E-state index in [-0.39, 0.29) is 21.8 Å². The van der Waals surface area contributed by atoms with Gasteiger partial charge in [0.1, 0.15) is 11.9 Å². The average molecular weight is 338 g/mol. The van der Waals surface area contributed by atoms with Crippen molar-refractivity contribution in [1.29, 1.82) is 0 Å². The van der Waals surface area contributed by atoms with E-state index in [0.717, 1.165) is 6.26 Å². The van der Waals surface area contributed by atoms with Gasteiger partial charge in [-0.25, -0.2) is 26.0 Å². The highest BCUT2D eigenvalue weighted by Crippen LogP contribution is 2.45. The summed E-state index contributed by atoms with van der Waals surface area (Å²) in [5, 5.41) is 0. The van der Waals surface area contributed by atoms with Gasteiger partial charge in [-0.1, -0.05) is 0 Å². The third-order valence-electron chi connectivity index (χ3n) is 3.96. The van der Waals surface area contributed by atoms with E-state index in [1.54, 1.807) is 0 Å². The van der Waals surface area contributed by atoms with Gasteiger partial charge in [0, 0.05) is 37.5 Å². The molecule has 122 valence electrons. The number of sulfone groups is 1. The lowest BCUT2D eigenvalue weighted by Crippen LogP contribution is -2.43. The minimum Gasteiger partial charge on any atom is -0.490 e. The molecular weight excluding hydrogens is 324 g/mol. The molecule has 0 aromatic heterocycles. The maximum absolute atomic E-state index is 13.7. The van der Waals surface area contributed by atoms with Crippen molar-refractivity contribution in [2.45, 2.75) is 48.5 Å². The normalized spacial score (nSPS) is 23.0. The predicted octanol–water partition coefficient (Wildman–Crippen LogP) is 3.00. The molecule has 1 fully saturated rings. The molecule has 0 unspecified atom stereocenters. The first kappa shape index (κ1) is 15.6. The summed E-state index contributed by atoms with van der Waals surface area (Å²) < 4.78 is 81.8. The molecule has 3 nitrogen and oxygen atoms in total. The quantitative estimate of drug-likeness (QED) is 0.796. The molecule has 0 saturated heterocycles. The van der Waals surface area contributed by atoms with Crippen LogP contribution in [0.4, 0.5) is 17.6 Å². The van der Waals surface area contributed by atoms with Crippen molar-refractivity contribution in [3.63, 3.8) is 0 Å². The summed E-state index contributed by atoms with van der Waals surface area (Å²) in [4.78, 5) is -0.147. The van der Waals surface area contributed by atoms with Gasteiger partial charge in [-0.3, -0.25) is 0 Å². The number of fused-ring (bicyclic) bond motifs is 1. The van der Waals surface area contributed by atoms with Crippen molar-refractivity contribution >= 4 is 9.84 Å². The predicted molar refractivity (Wildman–Crippen MR) is 70.5 cm³/mol. The van der Waals surface area contributed by atoms with Crippen LogP contribution < -0.4 is 4.74 Å². The van der Waals surface area contributed by atoms with Crippen molar-refractivity contribution < 1.29 is 30.7 Å². The monoisotopic (exact) mass is 338 g/mol. The molecule has 1 saturated carbocycles. The van der Waals surface area contributed by atoms with E-state index >= 15 is 0 Å². The summed E-state index contributed by atoms with van der Waals surface area (Å²) in [5.41, 5.74) is 0.152. The highest BCUT2D eigenvalue weighted by Gasteiger charge is 2.48. The number of hydrogen-bond donors (Lipinski definition) is 0. The summed E-state index contributed by atoms with van der Waals surface area (Å²) >= 11 is 0. The summed E-state index contributed by atoms with van der Waals surface area (Å²) in [7, 11) is -3.64. The second-order valence-corrected chi connectivity index (χ2v) is 7.99. The number of alkyl halides is 4. The van der Waals surface area contributed by atoms with Crippen LogP contribution in [0.5, 0.6) is 5.75 Å². The lowest BCUT2D eigenvalue weighted by molar-refractivity contribution is -0.134. The Labute approximate surface area is 125 Å². The van der Waals surface area contributed by atoms with Gasteiger partial charge in [-0.05, 0) is 17.7 Å². The molecule has 0 radical (unpaired) electrons. The Morgan fingerprint density at radius 3 is 2.18 bits per heavy atom. The van der Waals surface area contributed by atoms with Crippen LogP contribution in [0.2, 0.25) is 0 Å². The molecule has 0 aliphatic heterocycles. The number of hydrogen-bond acceptors (Lipinski definition) is 3. The number of halogens is 4. The smallest absolute Gasteiger partial charge is 0.256 e. The average Bonchev–Trinajstić information content (AvgIpc) is 2.60. The Bertz CT molecular complexity index is 720. The van der Waals surface area contributed by atoms with Crippen molar-refractivity contribution in [2.24, 2.45) is 0 Å². The first-order chi connectivity index (χ1) is 9.97. The van der Waals surface area contributed by atoms with Gasteiger partial charge in [0.25, 0.3) is 11.8 Å². The molecule has 2 aliphatic carbocycles. The highest BCUT2D eigenvalue weighted by atomic mass is 32.2. The Hall–Kier alpha value is -1.31. The van der Waals surface area contributed by atoms with Gasteiger partial charge < -0.3 is 4.74 Å². The molecule has 0 atom stereocenters. The third kappa shape index (κ3) is 2.80. The number of ether oxygens (including phenoxy) is 1.